The third-order valence-corrected chi connectivity index (χ3v) is 5.97. The molecule has 0 spiro atoms. The van der Waals surface area contributed by atoms with Crippen molar-refractivity contribution in [1.29, 1.82) is 0 Å². The number of aromatic nitrogens is 4. The molecule has 0 unspecified atom stereocenters. The fraction of sp³-hybridized carbons (Fsp3) is 0.231. The van der Waals surface area contributed by atoms with Gasteiger partial charge in [-0.1, -0.05) is 48.5 Å². The van der Waals surface area contributed by atoms with Gasteiger partial charge in [0.15, 0.2) is 22.1 Å². The topological polar surface area (TPSA) is 17.6 Å². The summed E-state index contributed by atoms with van der Waals surface area (Å²) in [6.45, 7) is 8.12. The molecule has 0 saturated heterocycles. The fourth-order valence-corrected chi connectivity index (χ4v) is 4.38. The van der Waals surface area contributed by atoms with Crippen LogP contribution in [0.25, 0.3) is 22.1 Å². The Labute approximate surface area is 201 Å². The number of rotatable bonds is 6. The first-order valence-corrected chi connectivity index (χ1v) is 10.8. The molecule has 3 aromatic carbocycles. The molecule has 0 aliphatic rings. The van der Waals surface area contributed by atoms with Crippen LogP contribution in [0.2, 0.25) is 0 Å². The van der Waals surface area contributed by atoms with Crippen molar-refractivity contribution >= 4 is 22.1 Å². The monoisotopic (exact) mass is 466 g/mol. The van der Waals surface area contributed by atoms with E-state index in [1.807, 2.05) is 0 Å². The zero-order chi connectivity index (χ0) is 20.5. The normalized spacial score (nSPS) is 10.8. The molecule has 0 aliphatic carbocycles. The first-order valence-electron chi connectivity index (χ1n) is 10.8. The van der Waals surface area contributed by atoms with Gasteiger partial charge in [0.1, 0.15) is 13.1 Å². The van der Waals surface area contributed by atoms with Crippen LogP contribution in [0.4, 0.5) is 0 Å². The molecule has 166 valence electrons. The minimum Gasteiger partial charge on any atom is -1.00 e. The number of halogens is 2. The van der Waals surface area contributed by atoms with Crippen molar-refractivity contribution in [2.24, 2.45) is 0 Å². The third kappa shape index (κ3) is 4.38. The second-order valence-corrected chi connectivity index (χ2v) is 7.85. The van der Waals surface area contributed by atoms with E-state index in [2.05, 4.69) is 118 Å². The van der Waals surface area contributed by atoms with Crippen molar-refractivity contribution < 1.29 is 33.9 Å². The molecule has 2 aromatic heterocycles. The molecule has 2 heterocycles. The van der Waals surface area contributed by atoms with Gasteiger partial charge in [-0.05, 0) is 49.2 Å². The van der Waals surface area contributed by atoms with E-state index < -0.39 is 0 Å². The molecule has 5 aromatic rings. The third-order valence-electron chi connectivity index (χ3n) is 5.97. The van der Waals surface area contributed by atoms with Crippen LogP contribution in [0.5, 0.6) is 0 Å². The van der Waals surface area contributed by atoms with Gasteiger partial charge >= 0.3 is 0 Å². The van der Waals surface area contributed by atoms with Crippen LogP contribution in [-0.4, -0.2) is 9.13 Å². The van der Waals surface area contributed by atoms with E-state index >= 15 is 0 Å². The standard InChI is InChI=1S/C26H28N4.2ClH/c1-3-27-19-29(25-11-7-5-9-23(25)27)17-21-13-15-22(16-14-21)18-30-20-28(4-2)24-10-6-8-12-26(24)30;;/h5-16,19-20H,3-4,17-18H2,1-2H3;2*1H/q+2;;/p-2. The summed E-state index contributed by atoms with van der Waals surface area (Å²) < 4.78 is 9.31. The number of hydrogen-bond donors (Lipinski definition) is 0. The van der Waals surface area contributed by atoms with Gasteiger partial charge in [0.05, 0.1) is 13.1 Å². The smallest absolute Gasteiger partial charge is 0.245 e. The number of hydrogen-bond acceptors (Lipinski definition) is 0. The van der Waals surface area contributed by atoms with Gasteiger partial charge in [-0.2, -0.15) is 0 Å². The summed E-state index contributed by atoms with van der Waals surface area (Å²) >= 11 is 0. The fourth-order valence-electron chi connectivity index (χ4n) is 4.38. The minimum absolute atomic E-state index is 0. The highest BCUT2D eigenvalue weighted by Crippen LogP contribution is 2.14. The molecule has 0 amide bonds. The van der Waals surface area contributed by atoms with E-state index in [0.717, 1.165) is 26.2 Å². The highest BCUT2D eigenvalue weighted by atomic mass is 35.5. The maximum atomic E-state index is 2.34. The van der Waals surface area contributed by atoms with Gasteiger partial charge in [0, 0.05) is 0 Å². The molecule has 0 fully saturated rings. The van der Waals surface area contributed by atoms with Gasteiger partial charge in [0.2, 0.25) is 12.7 Å². The minimum atomic E-state index is 0. The average Bonchev–Trinajstić information content (AvgIpc) is 3.33. The van der Waals surface area contributed by atoms with Crippen LogP contribution in [0, 0.1) is 0 Å². The average molecular weight is 467 g/mol. The molecule has 4 nitrogen and oxygen atoms in total. The van der Waals surface area contributed by atoms with E-state index in [1.54, 1.807) is 0 Å². The lowest BCUT2D eigenvalue weighted by atomic mass is 10.1. The first kappa shape index (κ1) is 23.8. The number of fused-ring (bicyclic) bond motifs is 2. The second kappa shape index (κ2) is 10.2. The Bertz CT molecular complexity index is 1220. The zero-order valence-electron chi connectivity index (χ0n) is 18.5. The Morgan fingerprint density at radius 2 is 0.938 bits per heavy atom. The maximum absolute atomic E-state index is 2.34. The quantitative estimate of drug-likeness (QED) is 0.266. The Kier molecular flexibility index (Phi) is 7.60. The molecule has 0 atom stereocenters. The van der Waals surface area contributed by atoms with Gasteiger partial charge in [0.25, 0.3) is 0 Å². The van der Waals surface area contributed by atoms with Crippen LogP contribution in [0.15, 0.2) is 85.5 Å². The zero-order valence-corrected chi connectivity index (χ0v) is 20.0. The van der Waals surface area contributed by atoms with E-state index in [1.165, 1.54) is 33.2 Å². The largest absolute Gasteiger partial charge is 1.00 e. The Balaban J connectivity index is 0.00000144. The number of benzene rings is 3. The molecule has 6 heteroatoms. The molecule has 0 saturated carbocycles. The summed E-state index contributed by atoms with van der Waals surface area (Å²) in [6, 6.07) is 26.3. The predicted octanol–water partition coefficient (Wildman–Crippen LogP) is -1.68. The Morgan fingerprint density at radius 1 is 0.562 bits per heavy atom. The molecule has 0 radical (unpaired) electrons. The Morgan fingerprint density at radius 3 is 1.31 bits per heavy atom. The SMILES string of the molecule is CCn1c[n+](Cc2ccc(C[n+]3cn(CC)c4ccccc43)cc2)c2ccccc21.[Cl-].[Cl-]. The second-order valence-electron chi connectivity index (χ2n) is 7.85. The van der Waals surface area contributed by atoms with Gasteiger partial charge in [-0.25, -0.2) is 18.3 Å². The molecule has 0 aliphatic heterocycles. The van der Waals surface area contributed by atoms with Crippen molar-refractivity contribution in [2.45, 2.75) is 40.0 Å². The van der Waals surface area contributed by atoms with E-state index in [4.69, 9.17) is 0 Å². The van der Waals surface area contributed by atoms with Crippen molar-refractivity contribution in [3.05, 3.63) is 96.6 Å². The van der Waals surface area contributed by atoms with Crippen LogP contribution in [-0.2, 0) is 26.2 Å². The lowest BCUT2D eigenvalue weighted by molar-refractivity contribution is -0.663. The summed E-state index contributed by atoms with van der Waals surface area (Å²) in [5.41, 5.74) is 7.80. The van der Waals surface area contributed by atoms with Crippen LogP contribution < -0.4 is 33.9 Å². The molecule has 32 heavy (non-hydrogen) atoms. The molecular formula is C26H28Cl2N4. The number of para-hydroxylation sites is 4. The van der Waals surface area contributed by atoms with Crippen molar-refractivity contribution in [2.75, 3.05) is 0 Å². The highest BCUT2D eigenvalue weighted by molar-refractivity contribution is 5.72. The van der Waals surface area contributed by atoms with E-state index in [-0.39, 0.29) is 24.8 Å². The number of nitrogens with zero attached hydrogens (tertiary/aromatic N) is 4. The predicted molar refractivity (Wildman–Crippen MR) is 120 cm³/mol. The van der Waals surface area contributed by atoms with Gasteiger partial charge < -0.3 is 24.8 Å². The van der Waals surface area contributed by atoms with Crippen LogP contribution in [0.3, 0.4) is 0 Å². The summed E-state index contributed by atoms with van der Waals surface area (Å²) in [5.74, 6) is 0. The summed E-state index contributed by atoms with van der Waals surface area (Å²) in [5, 5.41) is 0. The number of aryl methyl sites for hydroxylation is 2. The first-order chi connectivity index (χ1) is 14.8. The lowest BCUT2D eigenvalue weighted by Gasteiger charge is -2.03. The van der Waals surface area contributed by atoms with Crippen molar-refractivity contribution in [3.63, 3.8) is 0 Å². The van der Waals surface area contributed by atoms with Crippen LogP contribution in [0.1, 0.15) is 25.0 Å². The van der Waals surface area contributed by atoms with Crippen molar-refractivity contribution in [3.8, 4) is 0 Å². The lowest BCUT2D eigenvalue weighted by Crippen LogP contribution is -3.00. The molecular weight excluding hydrogens is 439 g/mol. The summed E-state index contributed by atoms with van der Waals surface area (Å²) in [6.07, 6.45) is 4.46. The maximum Gasteiger partial charge on any atom is 0.245 e. The summed E-state index contributed by atoms with van der Waals surface area (Å²) in [4.78, 5) is 0. The molecule has 5 rings (SSSR count). The van der Waals surface area contributed by atoms with E-state index in [9.17, 15) is 0 Å². The summed E-state index contributed by atoms with van der Waals surface area (Å²) in [7, 11) is 0. The number of imidazole rings is 2. The highest BCUT2D eigenvalue weighted by Gasteiger charge is 2.16. The van der Waals surface area contributed by atoms with Gasteiger partial charge in [-0.15, -0.1) is 0 Å². The van der Waals surface area contributed by atoms with E-state index in [0.29, 0.717) is 0 Å². The molecule has 0 N–H and O–H groups in total. The van der Waals surface area contributed by atoms with Crippen LogP contribution >= 0.6 is 0 Å². The van der Waals surface area contributed by atoms with Gasteiger partial charge in [-0.3, -0.25) is 0 Å². The molecule has 0 bridgehead atoms. The van der Waals surface area contributed by atoms with Crippen molar-refractivity contribution in [1.82, 2.24) is 9.13 Å². The Hall–Kier alpha value is -2.82.